The summed E-state index contributed by atoms with van der Waals surface area (Å²) in [6.07, 6.45) is -4.55. The molecule has 1 atom stereocenters. The first kappa shape index (κ1) is 21.6. The Bertz CT molecular complexity index is 1320. The van der Waals surface area contributed by atoms with Crippen LogP contribution in [-0.2, 0) is 4.79 Å². The molecule has 0 radical (unpaired) electrons. The lowest BCUT2D eigenvalue weighted by Crippen LogP contribution is -2.35. The van der Waals surface area contributed by atoms with Crippen molar-refractivity contribution in [3.8, 4) is 17.1 Å². The molecule has 0 fully saturated rings. The number of carbonyl (C=O) groups is 1. The van der Waals surface area contributed by atoms with Crippen LogP contribution in [0.2, 0.25) is 5.02 Å². The SMILES string of the molecule is CC[C@H](Nc1nc2ccccc2c2nc(-c3ccc(Cl)cc3OC(F)(F)F)nn12)C(N)=O. The van der Waals surface area contributed by atoms with Crippen molar-refractivity contribution in [3.05, 3.63) is 47.5 Å². The van der Waals surface area contributed by atoms with Gasteiger partial charge in [0, 0.05) is 10.4 Å². The van der Waals surface area contributed by atoms with Crippen LogP contribution in [-0.4, -0.2) is 37.9 Å². The number of carbonyl (C=O) groups excluding carboxylic acids is 1. The van der Waals surface area contributed by atoms with E-state index in [-0.39, 0.29) is 22.4 Å². The third-order valence-corrected chi connectivity index (χ3v) is 4.88. The van der Waals surface area contributed by atoms with E-state index in [0.717, 1.165) is 6.07 Å². The monoisotopic (exact) mass is 464 g/mol. The number of rotatable bonds is 6. The zero-order valence-corrected chi connectivity index (χ0v) is 17.3. The highest BCUT2D eigenvalue weighted by Crippen LogP contribution is 2.35. The maximum Gasteiger partial charge on any atom is 0.573 e. The highest BCUT2D eigenvalue weighted by atomic mass is 35.5. The first-order chi connectivity index (χ1) is 15.2. The molecule has 0 spiro atoms. The second-order valence-corrected chi connectivity index (χ2v) is 7.26. The average molecular weight is 465 g/mol. The minimum absolute atomic E-state index is 0.0209. The molecule has 32 heavy (non-hydrogen) atoms. The Balaban J connectivity index is 1.93. The number of nitrogens with zero attached hydrogens (tertiary/aromatic N) is 4. The number of para-hydroxylation sites is 1. The van der Waals surface area contributed by atoms with E-state index in [1.54, 1.807) is 31.2 Å². The van der Waals surface area contributed by atoms with Crippen LogP contribution in [0.25, 0.3) is 27.9 Å². The second kappa shape index (κ2) is 8.15. The predicted octanol–water partition coefficient (Wildman–Crippen LogP) is 4.17. The van der Waals surface area contributed by atoms with Gasteiger partial charge in [0.15, 0.2) is 11.5 Å². The number of hydrogen-bond donors (Lipinski definition) is 2. The van der Waals surface area contributed by atoms with Crippen LogP contribution in [0.1, 0.15) is 13.3 Å². The standard InChI is InChI=1S/C20H16ClF3N6O2/c1-2-13(16(25)31)26-19-27-14-6-4-3-5-11(14)18-28-17(29-30(18)19)12-8-7-10(21)9-15(12)32-20(22,23)24/h3-9,13H,2H2,1H3,(H2,25,31)(H,26,27)/t13-/m0/s1. The Morgan fingerprint density at radius 2 is 2.00 bits per heavy atom. The van der Waals surface area contributed by atoms with Gasteiger partial charge in [-0.3, -0.25) is 4.79 Å². The summed E-state index contributed by atoms with van der Waals surface area (Å²) in [6, 6.07) is 10.1. The number of ether oxygens (including phenoxy) is 1. The summed E-state index contributed by atoms with van der Waals surface area (Å²) in [5, 5.41) is 7.93. The van der Waals surface area contributed by atoms with E-state index in [1.807, 2.05) is 0 Å². The quantitative estimate of drug-likeness (QED) is 0.443. The molecular formula is C20H16ClF3N6O2. The number of benzene rings is 2. The van der Waals surface area contributed by atoms with Crippen LogP contribution in [0.3, 0.4) is 0 Å². The molecular weight excluding hydrogens is 449 g/mol. The Morgan fingerprint density at radius 1 is 1.25 bits per heavy atom. The van der Waals surface area contributed by atoms with Crippen LogP contribution in [0.5, 0.6) is 5.75 Å². The minimum atomic E-state index is -4.94. The highest BCUT2D eigenvalue weighted by Gasteiger charge is 2.33. The van der Waals surface area contributed by atoms with Crippen molar-refractivity contribution in [2.45, 2.75) is 25.7 Å². The summed E-state index contributed by atoms with van der Waals surface area (Å²) >= 11 is 5.86. The summed E-state index contributed by atoms with van der Waals surface area (Å²) in [6.45, 7) is 1.77. The summed E-state index contributed by atoms with van der Waals surface area (Å²) in [7, 11) is 0. The summed E-state index contributed by atoms with van der Waals surface area (Å²) < 4.78 is 44.2. The van der Waals surface area contributed by atoms with E-state index in [9.17, 15) is 18.0 Å². The molecule has 4 aromatic rings. The molecule has 8 nitrogen and oxygen atoms in total. The molecule has 0 unspecified atom stereocenters. The van der Waals surface area contributed by atoms with Crippen LogP contribution in [0.4, 0.5) is 19.1 Å². The van der Waals surface area contributed by atoms with E-state index in [0.29, 0.717) is 23.0 Å². The van der Waals surface area contributed by atoms with E-state index in [4.69, 9.17) is 17.3 Å². The van der Waals surface area contributed by atoms with Gasteiger partial charge in [0.25, 0.3) is 0 Å². The lowest BCUT2D eigenvalue weighted by atomic mass is 10.2. The average Bonchev–Trinajstić information content (AvgIpc) is 3.16. The molecule has 4 rings (SSSR count). The minimum Gasteiger partial charge on any atom is -0.405 e. The first-order valence-corrected chi connectivity index (χ1v) is 9.81. The molecule has 0 bridgehead atoms. The number of alkyl halides is 3. The molecule has 0 aliphatic carbocycles. The van der Waals surface area contributed by atoms with Crippen molar-refractivity contribution >= 4 is 40.0 Å². The van der Waals surface area contributed by atoms with Gasteiger partial charge in [-0.2, -0.15) is 4.52 Å². The molecule has 2 aromatic carbocycles. The molecule has 0 saturated heterocycles. The maximum atomic E-state index is 12.9. The van der Waals surface area contributed by atoms with E-state index < -0.39 is 24.1 Å². The summed E-state index contributed by atoms with van der Waals surface area (Å²) in [4.78, 5) is 20.6. The predicted molar refractivity (Wildman–Crippen MR) is 112 cm³/mol. The molecule has 12 heteroatoms. The maximum absolute atomic E-state index is 12.9. The largest absolute Gasteiger partial charge is 0.573 e. The lowest BCUT2D eigenvalue weighted by molar-refractivity contribution is -0.274. The van der Waals surface area contributed by atoms with Gasteiger partial charge in [0.05, 0.1) is 11.1 Å². The van der Waals surface area contributed by atoms with Crippen molar-refractivity contribution < 1.29 is 22.7 Å². The Kier molecular flexibility index (Phi) is 5.51. The Labute approximate surface area is 184 Å². The number of nitrogens with one attached hydrogen (secondary N) is 1. The normalized spacial score (nSPS) is 12.8. The Hall–Kier alpha value is -3.60. The topological polar surface area (TPSA) is 107 Å². The third kappa shape index (κ3) is 4.24. The number of anilines is 1. The smallest absolute Gasteiger partial charge is 0.405 e. The number of fused-ring (bicyclic) bond motifs is 3. The first-order valence-electron chi connectivity index (χ1n) is 9.43. The van der Waals surface area contributed by atoms with Gasteiger partial charge < -0.3 is 15.8 Å². The van der Waals surface area contributed by atoms with Crippen molar-refractivity contribution in [2.75, 3.05) is 5.32 Å². The zero-order valence-electron chi connectivity index (χ0n) is 16.5. The number of primary amides is 1. The second-order valence-electron chi connectivity index (χ2n) is 6.82. The fraction of sp³-hybridized carbons (Fsp3) is 0.200. The van der Waals surface area contributed by atoms with Gasteiger partial charge >= 0.3 is 6.36 Å². The van der Waals surface area contributed by atoms with Crippen molar-refractivity contribution in [3.63, 3.8) is 0 Å². The number of halogens is 4. The molecule has 0 aliphatic heterocycles. The van der Waals surface area contributed by atoms with Crippen LogP contribution < -0.4 is 15.8 Å². The fourth-order valence-electron chi connectivity index (χ4n) is 3.18. The fourth-order valence-corrected chi connectivity index (χ4v) is 3.35. The van der Waals surface area contributed by atoms with Gasteiger partial charge in [-0.15, -0.1) is 18.3 Å². The van der Waals surface area contributed by atoms with Gasteiger partial charge in [-0.1, -0.05) is 30.7 Å². The van der Waals surface area contributed by atoms with Crippen LogP contribution in [0.15, 0.2) is 42.5 Å². The molecule has 3 N–H and O–H groups in total. The van der Waals surface area contributed by atoms with Gasteiger partial charge in [0.2, 0.25) is 11.9 Å². The molecule has 166 valence electrons. The Morgan fingerprint density at radius 3 is 2.69 bits per heavy atom. The molecule has 0 saturated carbocycles. The lowest BCUT2D eigenvalue weighted by Gasteiger charge is -2.15. The number of hydrogen-bond acceptors (Lipinski definition) is 6. The molecule has 1 amide bonds. The van der Waals surface area contributed by atoms with E-state index in [2.05, 4.69) is 25.1 Å². The molecule has 2 aromatic heterocycles. The van der Waals surface area contributed by atoms with Crippen molar-refractivity contribution in [1.82, 2.24) is 19.6 Å². The number of aromatic nitrogens is 4. The molecule has 0 aliphatic rings. The van der Waals surface area contributed by atoms with Gasteiger partial charge in [0.1, 0.15) is 11.8 Å². The van der Waals surface area contributed by atoms with Crippen LogP contribution in [0, 0.1) is 0 Å². The molecule has 2 heterocycles. The van der Waals surface area contributed by atoms with E-state index >= 15 is 0 Å². The summed E-state index contributed by atoms with van der Waals surface area (Å²) in [5.41, 5.74) is 6.27. The van der Waals surface area contributed by atoms with E-state index in [1.165, 1.54) is 16.6 Å². The van der Waals surface area contributed by atoms with Crippen molar-refractivity contribution in [1.29, 1.82) is 0 Å². The van der Waals surface area contributed by atoms with Crippen molar-refractivity contribution in [2.24, 2.45) is 5.73 Å². The highest BCUT2D eigenvalue weighted by molar-refractivity contribution is 6.30. The zero-order chi connectivity index (χ0) is 23.0. The van der Waals surface area contributed by atoms with Crippen LogP contribution >= 0.6 is 11.6 Å². The number of amides is 1. The third-order valence-electron chi connectivity index (χ3n) is 4.64. The number of nitrogens with two attached hydrogens (primary N) is 1. The van der Waals surface area contributed by atoms with Gasteiger partial charge in [-0.25, -0.2) is 9.97 Å². The summed E-state index contributed by atoms with van der Waals surface area (Å²) in [5.74, 6) is -1.02. The van der Waals surface area contributed by atoms with Gasteiger partial charge in [-0.05, 0) is 36.8 Å².